The van der Waals surface area contributed by atoms with Gasteiger partial charge in [0.25, 0.3) is 0 Å². The standard InChI is InChI=1S/C24H29ClN6O2/c1-15(32)29-6-4-22-20(13-29)24(28-31(22)18-5-8-33-14-18)30-7-3-16-9-21(25)19(10-23(16)30)17(11-26)12-27-2/h9-12,18,26-27H,3-8,13-14H2,1-2H3/b17-12+,26-11?. The van der Waals surface area contributed by atoms with Crippen molar-refractivity contribution in [2.24, 2.45) is 0 Å². The molecule has 8 nitrogen and oxygen atoms in total. The van der Waals surface area contributed by atoms with Gasteiger partial charge in [0.05, 0.1) is 19.2 Å². The van der Waals surface area contributed by atoms with Gasteiger partial charge in [0.2, 0.25) is 5.91 Å². The number of carbonyl (C=O) groups is 1. The Morgan fingerprint density at radius 2 is 2.18 bits per heavy atom. The van der Waals surface area contributed by atoms with Crippen molar-refractivity contribution in [1.29, 1.82) is 5.41 Å². The lowest BCUT2D eigenvalue weighted by atomic mass is 10.0. The number of benzene rings is 1. The van der Waals surface area contributed by atoms with Gasteiger partial charge in [0, 0.05) is 85.6 Å². The summed E-state index contributed by atoms with van der Waals surface area (Å²) in [7, 11) is 1.81. The van der Waals surface area contributed by atoms with Crippen molar-refractivity contribution in [3.63, 3.8) is 0 Å². The minimum Gasteiger partial charge on any atom is -0.393 e. The van der Waals surface area contributed by atoms with Crippen LogP contribution in [0.5, 0.6) is 0 Å². The van der Waals surface area contributed by atoms with Crippen molar-refractivity contribution < 1.29 is 9.53 Å². The summed E-state index contributed by atoms with van der Waals surface area (Å²) >= 11 is 6.60. The lowest BCUT2D eigenvalue weighted by Gasteiger charge is -2.28. The van der Waals surface area contributed by atoms with Gasteiger partial charge in [-0.05, 0) is 30.5 Å². The third-order valence-corrected chi connectivity index (χ3v) is 7.16. The summed E-state index contributed by atoms with van der Waals surface area (Å²) in [6.45, 7) is 5.16. The number of hydrogen-bond acceptors (Lipinski definition) is 6. The molecule has 1 atom stereocenters. The van der Waals surface area contributed by atoms with E-state index in [0.717, 1.165) is 67.2 Å². The molecule has 0 bridgehead atoms. The van der Waals surface area contributed by atoms with Crippen LogP contribution in [0.4, 0.5) is 11.5 Å². The van der Waals surface area contributed by atoms with E-state index < -0.39 is 0 Å². The number of aromatic nitrogens is 2. The predicted octanol–water partition coefficient (Wildman–Crippen LogP) is 3.31. The molecule has 1 amide bonds. The van der Waals surface area contributed by atoms with E-state index >= 15 is 0 Å². The molecule has 9 heteroatoms. The zero-order chi connectivity index (χ0) is 23.1. The normalized spacial score (nSPS) is 20.1. The minimum absolute atomic E-state index is 0.0901. The molecule has 4 heterocycles. The molecule has 3 aliphatic rings. The second-order valence-corrected chi connectivity index (χ2v) is 9.20. The van der Waals surface area contributed by atoms with Gasteiger partial charge in [-0.2, -0.15) is 5.10 Å². The van der Waals surface area contributed by atoms with E-state index in [-0.39, 0.29) is 11.9 Å². The second-order valence-electron chi connectivity index (χ2n) is 8.80. The van der Waals surface area contributed by atoms with E-state index in [1.807, 2.05) is 18.0 Å². The van der Waals surface area contributed by atoms with Crippen molar-refractivity contribution in [2.75, 3.05) is 38.3 Å². The molecule has 2 aromatic rings. The van der Waals surface area contributed by atoms with Crippen LogP contribution in [0.1, 0.15) is 41.8 Å². The molecular formula is C24H29ClN6O2. The maximum atomic E-state index is 12.2. The molecule has 0 aliphatic carbocycles. The van der Waals surface area contributed by atoms with Crippen LogP contribution in [0.15, 0.2) is 18.3 Å². The van der Waals surface area contributed by atoms with E-state index in [9.17, 15) is 4.79 Å². The minimum atomic E-state index is 0.0901. The number of rotatable bonds is 5. The average molecular weight is 469 g/mol. The molecule has 1 aromatic heterocycles. The van der Waals surface area contributed by atoms with Gasteiger partial charge in [-0.1, -0.05) is 11.6 Å². The Morgan fingerprint density at radius 3 is 2.88 bits per heavy atom. The number of nitrogens with zero attached hydrogens (tertiary/aromatic N) is 4. The second kappa shape index (κ2) is 8.83. The first-order valence-corrected chi connectivity index (χ1v) is 11.8. The van der Waals surface area contributed by atoms with Crippen LogP contribution in [-0.2, 0) is 28.9 Å². The summed E-state index contributed by atoms with van der Waals surface area (Å²) in [5, 5.41) is 16.6. The van der Waals surface area contributed by atoms with Gasteiger partial charge < -0.3 is 25.3 Å². The lowest BCUT2D eigenvalue weighted by Crippen LogP contribution is -2.35. The molecule has 0 radical (unpaired) electrons. The maximum absolute atomic E-state index is 12.2. The molecule has 2 N–H and O–H groups in total. The van der Waals surface area contributed by atoms with Crippen LogP contribution >= 0.6 is 11.6 Å². The monoisotopic (exact) mass is 468 g/mol. The first kappa shape index (κ1) is 22.0. The number of allylic oxidation sites excluding steroid dienone is 1. The van der Waals surface area contributed by atoms with Gasteiger partial charge in [0.15, 0.2) is 5.82 Å². The summed E-state index contributed by atoms with van der Waals surface area (Å²) in [5.41, 5.74) is 6.12. The Kier molecular flexibility index (Phi) is 5.88. The van der Waals surface area contributed by atoms with Crippen molar-refractivity contribution in [1.82, 2.24) is 20.0 Å². The lowest BCUT2D eigenvalue weighted by molar-refractivity contribution is -0.129. The Hall–Kier alpha value is -2.84. The number of carbonyl (C=O) groups excluding carboxylic acids is 1. The molecule has 174 valence electrons. The van der Waals surface area contributed by atoms with E-state index in [4.69, 9.17) is 26.8 Å². The number of anilines is 2. The van der Waals surface area contributed by atoms with Crippen LogP contribution in [0.3, 0.4) is 0 Å². The first-order chi connectivity index (χ1) is 16.0. The Balaban J connectivity index is 1.61. The van der Waals surface area contributed by atoms with Gasteiger partial charge in [-0.15, -0.1) is 0 Å². The van der Waals surface area contributed by atoms with E-state index in [1.54, 1.807) is 13.1 Å². The highest BCUT2D eigenvalue weighted by atomic mass is 35.5. The van der Waals surface area contributed by atoms with Crippen molar-refractivity contribution in [3.8, 4) is 0 Å². The van der Waals surface area contributed by atoms with Gasteiger partial charge in [0.1, 0.15) is 0 Å². The highest BCUT2D eigenvalue weighted by molar-refractivity contribution is 6.34. The summed E-state index contributed by atoms with van der Waals surface area (Å²) in [6, 6.07) is 4.31. The molecule has 33 heavy (non-hydrogen) atoms. The first-order valence-electron chi connectivity index (χ1n) is 11.4. The highest BCUT2D eigenvalue weighted by Gasteiger charge is 2.34. The third kappa shape index (κ3) is 3.81. The van der Waals surface area contributed by atoms with Crippen molar-refractivity contribution in [3.05, 3.63) is 45.7 Å². The Bertz CT molecular complexity index is 1130. The molecule has 0 spiro atoms. The topological polar surface area (TPSA) is 86.5 Å². The smallest absolute Gasteiger partial charge is 0.219 e. The molecule has 5 rings (SSSR count). The fraction of sp³-hybridized carbons (Fsp3) is 0.458. The van der Waals surface area contributed by atoms with E-state index in [1.165, 1.54) is 17.5 Å². The molecule has 1 fully saturated rings. The van der Waals surface area contributed by atoms with E-state index in [0.29, 0.717) is 18.2 Å². The number of fused-ring (bicyclic) bond motifs is 2. The van der Waals surface area contributed by atoms with Crippen molar-refractivity contribution >= 4 is 40.8 Å². The van der Waals surface area contributed by atoms with Gasteiger partial charge in [-0.3, -0.25) is 9.48 Å². The quantitative estimate of drug-likeness (QED) is 0.657. The Labute approximate surface area is 198 Å². The zero-order valence-corrected chi connectivity index (χ0v) is 19.8. The number of ether oxygens (including phenoxy) is 1. The number of hydrogen-bond donors (Lipinski definition) is 2. The maximum Gasteiger partial charge on any atom is 0.219 e. The molecule has 3 aliphatic heterocycles. The average Bonchev–Trinajstić information content (AvgIpc) is 3.54. The summed E-state index contributed by atoms with van der Waals surface area (Å²) in [6.07, 6.45) is 5.72. The summed E-state index contributed by atoms with van der Waals surface area (Å²) in [4.78, 5) is 16.3. The van der Waals surface area contributed by atoms with Crippen LogP contribution in [0.25, 0.3) is 5.57 Å². The molecule has 1 saturated heterocycles. The van der Waals surface area contributed by atoms with E-state index in [2.05, 4.69) is 21.0 Å². The number of halogens is 1. The van der Waals surface area contributed by atoms with Crippen molar-refractivity contribution in [2.45, 2.75) is 38.8 Å². The van der Waals surface area contributed by atoms with Crippen LogP contribution in [-0.4, -0.2) is 60.2 Å². The summed E-state index contributed by atoms with van der Waals surface area (Å²) in [5.74, 6) is 1.01. The molecule has 1 aromatic carbocycles. The fourth-order valence-corrected chi connectivity index (χ4v) is 5.43. The molecular weight excluding hydrogens is 440 g/mol. The zero-order valence-electron chi connectivity index (χ0n) is 19.0. The molecule has 1 unspecified atom stereocenters. The summed E-state index contributed by atoms with van der Waals surface area (Å²) < 4.78 is 7.82. The number of nitrogens with one attached hydrogen (secondary N) is 2. The fourth-order valence-electron chi connectivity index (χ4n) is 5.13. The van der Waals surface area contributed by atoms with Gasteiger partial charge in [-0.25, -0.2) is 0 Å². The SMILES string of the molecule is CN/C=C(\C=N)c1cc2c(cc1Cl)CCN2c1nn(C2CCOC2)c2c1CN(C(C)=O)CC2. The van der Waals surface area contributed by atoms with Gasteiger partial charge >= 0.3 is 0 Å². The Morgan fingerprint density at radius 1 is 1.33 bits per heavy atom. The highest BCUT2D eigenvalue weighted by Crippen LogP contribution is 2.42. The molecule has 0 saturated carbocycles. The van der Waals surface area contributed by atoms with Crippen LogP contribution in [0.2, 0.25) is 5.02 Å². The third-order valence-electron chi connectivity index (χ3n) is 6.85. The number of amides is 1. The van der Waals surface area contributed by atoms with Crippen LogP contribution < -0.4 is 10.2 Å². The largest absolute Gasteiger partial charge is 0.393 e. The van der Waals surface area contributed by atoms with Crippen LogP contribution in [0, 0.1) is 5.41 Å². The predicted molar refractivity (Wildman–Crippen MR) is 129 cm³/mol.